The molecule has 2 atom stereocenters. The first-order valence-electron chi connectivity index (χ1n) is 10.3. The van der Waals surface area contributed by atoms with Crippen molar-refractivity contribution in [2.24, 2.45) is 12.5 Å². The molecule has 3 aromatic heterocycles. The number of likely N-dealkylation sites (tertiary alicyclic amines) is 2. The number of rotatable bonds is 4. The van der Waals surface area contributed by atoms with Crippen LogP contribution in [0.15, 0.2) is 42.4 Å². The Morgan fingerprint density at radius 1 is 1.32 bits per heavy atom. The highest BCUT2D eigenvalue weighted by Gasteiger charge is 2.58. The predicted octanol–water partition coefficient (Wildman–Crippen LogP) is 2.24. The molecule has 2 saturated heterocycles. The van der Waals surface area contributed by atoms with Crippen molar-refractivity contribution in [3.8, 4) is 0 Å². The van der Waals surface area contributed by atoms with E-state index < -0.39 is 5.41 Å². The van der Waals surface area contributed by atoms with Crippen LogP contribution in [0.2, 0.25) is 0 Å². The SMILES string of the molecule is Cc1nc(CN2CC[C@@]3(CN(C(=O)c4ccncc4)C[C@H]3c3cn(C)cn3)C2=O)cs1. The molecular formula is C22H24N6O2S. The summed E-state index contributed by atoms with van der Waals surface area (Å²) in [5, 5.41) is 3.01. The van der Waals surface area contributed by atoms with Gasteiger partial charge in [-0.2, -0.15) is 0 Å². The van der Waals surface area contributed by atoms with Crippen LogP contribution in [-0.2, 0) is 18.4 Å². The summed E-state index contributed by atoms with van der Waals surface area (Å²) in [5.41, 5.74) is 1.73. The summed E-state index contributed by atoms with van der Waals surface area (Å²) in [7, 11) is 1.92. The van der Waals surface area contributed by atoms with Gasteiger partial charge in [0.2, 0.25) is 5.91 Å². The Balaban J connectivity index is 1.45. The summed E-state index contributed by atoms with van der Waals surface area (Å²) in [6, 6.07) is 3.44. The zero-order valence-electron chi connectivity index (χ0n) is 17.6. The molecule has 9 heteroatoms. The number of hydrogen-bond acceptors (Lipinski definition) is 6. The summed E-state index contributed by atoms with van der Waals surface area (Å²) >= 11 is 1.60. The van der Waals surface area contributed by atoms with Crippen molar-refractivity contribution in [1.82, 2.24) is 29.3 Å². The number of carbonyl (C=O) groups is 2. The normalized spacial score (nSPS) is 23.3. The fourth-order valence-corrected chi connectivity index (χ4v) is 5.49. The maximum Gasteiger partial charge on any atom is 0.254 e. The first-order chi connectivity index (χ1) is 15.0. The summed E-state index contributed by atoms with van der Waals surface area (Å²) in [5.74, 6) is -0.102. The van der Waals surface area contributed by atoms with Crippen LogP contribution in [0.3, 0.4) is 0 Å². The number of nitrogens with zero attached hydrogens (tertiary/aromatic N) is 6. The molecule has 0 N–H and O–H groups in total. The molecule has 0 aliphatic carbocycles. The quantitative estimate of drug-likeness (QED) is 0.626. The average Bonchev–Trinajstić information content (AvgIpc) is 3.54. The highest BCUT2D eigenvalue weighted by atomic mass is 32.1. The molecule has 8 nitrogen and oxygen atoms in total. The van der Waals surface area contributed by atoms with Gasteiger partial charge in [-0.15, -0.1) is 11.3 Å². The minimum Gasteiger partial charge on any atom is -0.340 e. The maximum atomic E-state index is 13.8. The topological polar surface area (TPSA) is 84.2 Å². The smallest absolute Gasteiger partial charge is 0.254 e. The van der Waals surface area contributed by atoms with Crippen molar-refractivity contribution in [2.45, 2.75) is 25.8 Å². The second-order valence-electron chi connectivity index (χ2n) is 8.43. The van der Waals surface area contributed by atoms with Crippen LogP contribution >= 0.6 is 11.3 Å². The number of amides is 2. The Kier molecular flexibility index (Phi) is 4.85. The first-order valence-corrected chi connectivity index (χ1v) is 11.2. The number of pyridine rings is 1. The van der Waals surface area contributed by atoms with Gasteiger partial charge in [0.05, 0.1) is 34.7 Å². The van der Waals surface area contributed by atoms with Gasteiger partial charge in [0, 0.05) is 62.1 Å². The second-order valence-corrected chi connectivity index (χ2v) is 9.49. The van der Waals surface area contributed by atoms with Crippen molar-refractivity contribution in [2.75, 3.05) is 19.6 Å². The molecule has 160 valence electrons. The van der Waals surface area contributed by atoms with Crippen molar-refractivity contribution in [3.63, 3.8) is 0 Å². The van der Waals surface area contributed by atoms with E-state index in [-0.39, 0.29) is 17.7 Å². The van der Waals surface area contributed by atoms with Gasteiger partial charge >= 0.3 is 0 Å². The molecule has 1 spiro atoms. The molecule has 2 aliphatic rings. The number of thiazole rings is 1. The van der Waals surface area contributed by atoms with Gasteiger partial charge in [-0.25, -0.2) is 9.97 Å². The molecule has 5 rings (SSSR count). The summed E-state index contributed by atoms with van der Waals surface area (Å²) < 4.78 is 1.89. The molecular weight excluding hydrogens is 412 g/mol. The highest BCUT2D eigenvalue weighted by molar-refractivity contribution is 7.09. The minimum atomic E-state index is -0.651. The van der Waals surface area contributed by atoms with Gasteiger partial charge in [0.15, 0.2) is 0 Å². The molecule has 0 bridgehead atoms. The Hall–Kier alpha value is -3.07. The van der Waals surface area contributed by atoms with Crippen molar-refractivity contribution >= 4 is 23.2 Å². The zero-order valence-corrected chi connectivity index (χ0v) is 18.4. The molecule has 0 saturated carbocycles. The second kappa shape index (κ2) is 7.56. The lowest BCUT2D eigenvalue weighted by Crippen LogP contribution is -2.40. The van der Waals surface area contributed by atoms with Gasteiger partial charge in [0.25, 0.3) is 5.91 Å². The predicted molar refractivity (Wildman–Crippen MR) is 115 cm³/mol. The summed E-state index contributed by atoms with van der Waals surface area (Å²) in [4.78, 5) is 43.7. The lowest BCUT2D eigenvalue weighted by atomic mass is 9.75. The minimum absolute atomic E-state index is 0.0680. The van der Waals surface area contributed by atoms with E-state index in [0.717, 1.165) is 16.4 Å². The number of aryl methyl sites for hydroxylation is 2. The number of carbonyl (C=O) groups excluding carboxylic acids is 2. The van der Waals surface area contributed by atoms with E-state index in [2.05, 4.69) is 15.0 Å². The Labute approximate surface area is 184 Å². The van der Waals surface area contributed by atoms with Gasteiger partial charge in [-0.3, -0.25) is 14.6 Å². The van der Waals surface area contributed by atoms with E-state index in [4.69, 9.17) is 0 Å². The van der Waals surface area contributed by atoms with Crippen LogP contribution < -0.4 is 0 Å². The van der Waals surface area contributed by atoms with Gasteiger partial charge in [-0.05, 0) is 25.5 Å². The van der Waals surface area contributed by atoms with Crippen molar-refractivity contribution < 1.29 is 9.59 Å². The zero-order chi connectivity index (χ0) is 21.6. The largest absolute Gasteiger partial charge is 0.340 e. The molecule has 5 heterocycles. The Morgan fingerprint density at radius 2 is 2.13 bits per heavy atom. The van der Waals surface area contributed by atoms with E-state index >= 15 is 0 Å². The van der Waals surface area contributed by atoms with E-state index in [1.807, 2.05) is 39.9 Å². The van der Waals surface area contributed by atoms with Gasteiger partial charge < -0.3 is 14.4 Å². The third-order valence-corrected chi connectivity index (χ3v) is 7.22. The fraction of sp³-hybridized carbons (Fsp3) is 0.409. The van der Waals surface area contributed by atoms with Crippen molar-refractivity contribution in [3.05, 3.63) is 64.4 Å². The van der Waals surface area contributed by atoms with Crippen LogP contribution in [0.1, 0.15) is 39.1 Å². The molecule has 2 fully saturated rings. The van der Waals surface area contributed by atoms with Crippen LogP contribution in [-0.4, -0.2) is 60.8 Å². The van der Waals surface area contributed by atoms with Gasteiger partial charge in [-0.1, -0.05) is 0 Å². The summed E-state index contributed by atoms with van der Waals surface area (Å²) in [6.07, 6.45) is 7.66. The number of imidazole rings is 1. The van der Waals surface area contributed by atoms with Crippen molar-refractivity contribution in [1.29, 1.82) is 0 Å². The van der Waals surface area contributed by atoms with Crippen LogP contribution in [0.4, 0.5) is 0 Å². The van der Waals surface area contributed by atoms with E-state index in [1.54, 1.807) is 42.2 Å². The summed E-state index contributed by atoms with van der Waals surface area (Å²) in [6.45, 7) is 4.03. The van der Waals surface area contributed by atoms with E-state index in [1.165, 1.54) is 0 Å². The van der Waals surface area contributed by atoms with Crippen LogP contribution in [0.25, 0.3) is 0 Å². The molecule has 3 aromatic rings. The highest BCUT2D eigenvalue weighted by Crippen LogP contribution is 2.50. The van der Waals surface area contributed by atoms with E-state index in [9.17, 15) is 9.59 Å². The average molecular weight is 437 g/mol. The number of aromatic nitrogens is 4. The first kappa shape index (κ1) is 19.9. The van der Waals surface area contributed by atoms with Gasteiger partial charge in [0.1, 0.15) is 0 Å². The molecule has 2 aliphatic heterocycles. The lowest BCUT2D eigenvalue weighted by molar-refractivity contribution is -0.136. The standard InChI is InChI=1S/C22H24N6O2S/c1-15-25-17(12-31-15)9-27-8-5-22(21(27)30)13-28(20(29)16-3-6-23-7-4-16)10-18(22)19-11-26(2)14-24-19/h3-4,6-7,11-12,14,18H,5,8-10,13H2,1-2H3/t18-,22-/m0/s1. The third-order valence-electron chi connectivity index (χ3n) is 6.40. The molecule has 0 aromatic carbocycles. The molecule has 0 unspecified atom stereocenters. The third kappa shape index (κ3) is 3.42. The monoisotopic (exact) mass is 436 g/mol. The Morgan fingerprint density at radius 3 is 2.81 bits per heavy atom. The van der Waals surface area contributed by atoms with Crippen LogP contribution in [0, 0.1) is 12.3 Å². The molecule has 31 heavy (non-hydrogen) atoms. The molecule has 0 radical (unpaired) electrons. The number of hydrogen-bond donors (Lipinski definition) is 0. The maximum absolute atomic E-state index is 13.8. The van der Waals surface area contributed by atoms with E-state index in [0.29, 0.717) is 38.2 Å². The molecule has 2 amide bonds. The Bertz CT molecular complexity index is 1130. The van der Waals surface area contributed by atoms with Crippen LogP contribution in [0.5, 0.6) is 0 Å². The lowest BCUT2D eigenvalue weighted by Gasteiger charge is -2.27. The fourth-order valence-electron chi connectivity index (χ4n) is 4.89.